The Morgan fingerprint density at radius 1 is 1.28 bits per heavy atom. The largest absolute Gasteiger partial charge is 0.493 e. The zero-order valence-electron chi connectivity index (χ0n) is 10.8. The Hall–Kier alpha value is -1.55. The number of hydrazine groups is 1. The molecule has 1 aliphatic carbocycles. The molecule has 1 amide bonds. The van der Waals surface area contributed by atoms with Crippen LogP contribution in [0.1, 0.15) is 30.4 Å². The number of nitrogens with one attached hydrogen (secondary N) is 2. The quantitative estimate of drug-likeness (QED) is 0.778. The van der Waals surface area contributed by atoms with Crippen molar-refractivity contribution in [1.82, 2.24) is 10.9 Å². The molecule has 2 rings (SSSR count). The topological polar surface area (TPSA) is 50.4 Å². The molecule has 0 unspecified atom stereocenters. The van der Waals surface area contributed by atoms with E-state index < -0.39 is 0 Å². The van der Waals surface area contributed by atoms with Crippen LogP contribution in [0.3, 0.4) is 0 Å². The number of amides is 1. The van der Waals surface area contributed by atoms with Crippen molar-refractivity contribution in [1.29, 1.82) is 0 Å². The zero-order valence-corrected chi connectivity index (χ0v) is 10.8. The highest BCUT2D eigenvalue weighted by Crippen LogP contribution is 2.25. The number of fused-ring (bicyclic) bond motifs is 1. The van der Waals surface area contributed by atoms with Crippen molar-refractivity contribution in [2.24, 2.45) is 0 Å². The molecular formula is C14H20N2O2. The summed E-state index contributed by atoms with van der Waals surface area (Å²) >= 11 is 0. The molecule has 1 aliphatic rings. The number of carbonyl (C=O) groups is 1. The van der Waals surface area contributed by atoms with Gasteiger partial charge < -0.3 is 4.74 Å². The van der Waals surface area contributed by atoms with E-state index in [1.165, 1.54) is 30.4 Å². The molecule has 0 saturated carbocycles. The molecule has 1 aromatic rings. The molecule has 0 aliphatic heterocycles. The Kier molecular flexibility index (Phi) is 4.59. The Bertz CT molecular complexity index is 418. The van der Waals surface area contributed by atoms with E-state index in [-0.39, 0.29) is 5.91 Å². The third-order valence-electron chi connectivity index (χ3n) is 3.18. The van der Waals surface area contributed by atoms with E-state index in [1.807, 2.05) is 6.07 Å². The molecule has 98 valence electrons. The lowest BCUT2D eigenvalue weighted by atomic mass is 9.92. The van der Waals surface area contributed by atoms with Gasteiger partial charge in [0.25, 0.3) is 0 Å². The van der Waals surface area contributed by atoms with E-state index in [9.17, 15) is 4.79 Å². The van der Waals surface area contributed by atoms with Gasteiger partial charge in [-0.3, -0.25) is 10.2 Å². The molecule has 0 heterocycles. The van der Waals surface area contributed by atoms with Crippen LogP contribution >= 0.6 is 0 Å². The van der Waals surface area contributed by atoms with Crippen molar-refractivity contribution in [2.75, 3.05) is 13.7 Å². The fraction of sp³-hybridized carbons (Fsp3) is 0.500. The van der Waals surface area contributed by atoms with Gasteiger partial charge in [-0.05, 0) is 48.9 Å². The molecule has 0 fully saturated rings. The number of rotatable bonds is 5. The third-order valence-corrected chi connectivity index (χ3v) is 3.18. The van der Waals surface area contributed by atoms with Gasteiger partial charge in [-0.15, -0.1) is 0 Å². The number of benzene rings is 1. The average Bonchev–Trinajstić information content (AvgIpc) is 2.39. The van der Waals surface area contributed by atoms with Gasteiger partial charge in [-0.1, -0.05) is 6.07 Å². The Morgan fingerprint density at radius 2 is 2.06 bits per heavy atom. The van der Waals surface area contributed by atoms with Crippen molar-refractivity contribution in [3.8, 4) is 5.75 Å². The highest BCUT2D eigenvalue weighted by molar-refractivity contribution is 5.75. The minimum Gasteiger partial charge on any atom is -0.493 e. The summed E-state index contributed by atoms with van der Waals surface area (Å²) in [5, 5.41) is 0. The average molecular weight is 248 g/mol. The first kappa shape index (κ1) is 12.9. The lowest BCUT2D eigenvalue weighted by Gasteiger charge is -2.16. The molecule has 1 aromatic carbocycles. The number of carbonyl (C=O) groups excluding carboxylic acids is 1. The van der Waals surface area contributed by atoms with Gasteiger partial charge in [0.1, 0.15) is 5.75 Å². The first-order chi connectivity index (χ1) is 8.79. The first-order valence-electron chi connectivity index (χ1n) is 6.50. The van der Waals surface area contributed by atoms with Crippen LogP contribution in [0.5, 0.6) is 5.75 Å². The first-order valence-corrected chi connectivity index (χ1v) is 6.50. The van der Waals surface area contributed by atoms with E-state index in [0.29, 0.717) is 13.0 Å². The summed E-state index contributed by atoms with van der Waals surface area (Å²) in [5.41, 5.74) is 7.96. The molecule has 0 radical (unpaired) electrons. The van der Waals surface area contributed by atoms with Crippen LogP contribution in [0.25, 0.3) is 0 Å². The fourth-order valence-corrected chi connectivity index (χ4v) is 2.26. The van der Waals surface area contributed by atoms with Crippen molar-refractivity contribution < 1.29 is 9.53 Å². The smallest absolute Gasteiger partial charge is 0.237 e. The second kappa shape index (κ2) is 6.40. The fourth-order valence-electron chi connectivity index (χ4n) is 2.26. The molecule has 0 bridgehead atoms. The van der Waals surface area contributed by atoms with Gasteiger partial charge >= 0.3 is 0 Å². The minimum absolute atomic E-state index is 0.0598. The van der Waals surface area contributed by atoms with Gasteiger partial charge in [0, 0.05) is 7.05 Å². The van der Waals surface area contributed by atoms with E-state index in [2.05, 4.69) is 23.0 Å². The predicted octanol–water partition coefficient (Wildman–Crippen LogP) is 1.58. The highest BCUT2D eigenvalue weighted by Gasteiger charge is 2.10. The third kappa shape index (κ3) is 3.47. The Morgan fingerprint density at radius 3 is 2.83 bits per heavy atom. The molecule has 0 aromatic heterocycles. The standard InChI is InChI=1S/C14H20N2O2/c1-15-16-14(17)8-9-18-13-7-6-11-4-2-3-5-12(11)10-13/h6-7,10,15H,2-5,8-9H2,1H3,(H,16,17). The zero-order chi connectivity index (χ0) is 12.8. The van der Waals surface area contributed by atoms with Gasteiger partial charge in [0.15, 0.2) is 0 Å². The maximum Gasteiger partial charge on any atom is 0.237 e. The molecule has 18 heavy (non-hydrogen) atoms. The van der Waals surface area contributed by atoms with Crippen LogP contribution < -0.4 is 15.6 Å². The van der Waals surface area contributed by atoms with Crippen molar-refractivity contribution in [2.45, 2.75) is 32.1 Å². The van der Waals surface area contributed by atoms with Gasteiger partial charge in [-0.25, -0.2) is 5.43 Å². The second-order valence-corrected chi connectivity index (χ2v) is 4.53. The van der Waals surface area contributed by atoms with Crippen molar-refractivity contribution >= 4 is 5.91 Å². The summed E-state index contributed by atoms with van der Waals surface area (Å²) in [6, 6.07) is 6.27. The monoisotopic (exact) mass is 248 g/mol. The molecule has 4 heteroatoms. The van der Waals surface area contributed by atoms with Gasteiger partial charge in [0.2, 0.25) is 5.91 Å². The SMILES string of the molecule is CNNC(=O)CCOc1ccc2c(c1)CCCC2. The lowest BCUT2D eigenvalue weighted by molar-refractivity contribution is -0.122. The highest BCUT2D eigenvalue weighted by atomic mass is 16.5. The summed E-state index contributed by atoms with van der Waals surface area (Å²) in [6.45, 7) is 0.409. The maximum absolute atomic E-state index is 11.2. The van der Waals surface area contributed by atoms with E-state index in [1.54, 1.807) is 7.05 Å². The number of ether oxygens (including phenoxy) is 1. The summed E-state index contributed by atoms with van der Waals surface area (Å²) in [5.74, 6) is 0.809. The predicted molar refractivity (Wildman–Crippen MR) is 70.4 cm³/mol. The Balaban J connectivity index is 1.84. The van der Waals surface area contributed by atoms with E-state index in [4.69, 9.17) is 4.74 Å². The number of hydrogen-bond donors (Lipinski definition) is 2. The van der Waals surface area contributed by atoms with Crippen LogP contribution in [0.15, 0.2) is 18.2 Å². The summed E-state index contributed by atoms with van der Waals surface area (Å²) in [4.78, 5) is 11.2. The van der Waals surface area contributed by atoms with Crippen LogP contribution in [0.2, 0.25) is 0 Å². The number of hydrogen-bond acceptors (Lipinski definition) is 3. The van der Waals surface area contributed by atoms with Crippen LogP contribution in [-0.2, 0) is 17.6 Å². The normalized spacial score (nSPS) is 13.8. The van der Waals surface area contributed by atoms with Gasteiger partial charge in [-0.2, -0.15) is 0 Å². The van der Waals surface area contributed by atoms with E-state index in [0.717, 1.165) is 12.2 Å². The molecular weight excluding hydrogens is 228 g/mol. The van der Waals surface area contributed by atoms with Crippen LogP contribution in [-0.4, -0.2) is 19.6 Å². The van der Waals surface area contributed by atoms with Crippen molar-refractivity contribution in [3.63, 3.8) is 0 Å². The summed E-state index contributed by atoms with van der Waals surface area (Å²) in [7, 11) is 1.67. The van der Waals surface area contributed by atoms with E-state index >= 15 is 0 Å². The number of aryl methyl sites for hydroxylation is 2. The van der Waals surface area contributed by atoms with Crippen molar-refractivity contribution in [3.05, 3.63) is 29.3 Å². The second-order valence-electron chi connectivity index (χ2n) is 4.53. The van der Waals surface area contributed by atoms with Gasteiger partial charge in [0.05, 0.1) is 13.0 Å². The lowest BCUT2D eigenvalue weighted by Crippen LogP contribution is -2.34. The maximum atomic E-state index is 11.2. The molecule has 0 atom stereocenters. The summed E-state index contributed by atoms with van der Waals surface area (Å²) < 4.78 is 5.60. The minimum atomic E-state index is -0.0598. The molecule has 4 nitrogen and oxygen atoms in total. The van der Waals surface area contributed by atoms with Crippen LogP contribution in [0, 0.1) is 0 Å². The summed E-state index contributed by atoms with van der Waals surface area (Å²) in [6.07, 6.45) is 5.24. The molecule has 0 spiro atoms. The Labute approximate surface area is 108 Å². The van der Waals surface area contributed by atoms with Crippen LogP contribution in [0.4, 0.5) is 0 Å². The molecule has 0 saturated heterocycles. The molecule has 2 N–H and O–H groups in total.